The number of pyridine rings is 2. The molecular formula is C25H23ClN4O3. The molecule has 6 rings (SSSR count). The predicted octanol–water partition coefficient (Wildman–Crippen LogP) is 4.29. The van der Waals surface area contributed by atoms with Gasteiger partial charge in [0, 0.05) is 28.2 Å². The number of nitrogens with zero attached hydrogens (tertiary/aromatic N) is 3. The third kappa shape index (κ3) is 3.12. The van der Waals surface area contributed by atoms with Crippen LogP contribution in [-0.4, -0.2) is 25.4 Å². The summed E-state index contributed by atoms with van der Waals surface area (Å²) in [5.74, 6) is 1.73. The number of halogens is 1. The number of fused-ring (bicyclic) bond motifs is 1. The van der Waals surface area contributed by atoms with Crippen LogP contribution in [0.5, 0.6) is 0 Å². The van der Waals surface area contributed by atoms with Crippen molar-refractivity contribution in [2.45, 2.75) is 51.5 Å². The van der Waals surface area contributed by atoms with Crippen LogP contribution < -0.4 is 10.9 Å². The quantitative estimate of drug-likeness (QED) is 0.434. The molecule has 168 valence electrons. The number of hydrogen-bond donors (Lipinski definition) is 2. The lowest BCUT2D eigenvalue weighted by atomic mass is 9.34. The summed E-state index contributed by atoms with van der Waals surface area (Å²) in [5.41, 5.74) is 3.68. The van der Waals surface area contributed by atoms with Crippen molar-refractivity contribution in [2.24, 2.45) is 5.41 Å². The summed E-state index contributed by atoms with van der Waals surface area (Å²) in [7, 11) is 0. The molecule has 7 nitrogen and oxygen atoms in total. The molecule has 3 aromatic heterocycles. The molecule has 3 heterocycles. The molecule has 2 bridgehead atoms. The highest BCUT2D eigenvalue weighted by Gasteiger charge is 2.69. The van der Waals surface area contributed by atoms with Crippen LogP contribution in [0.15, 0.2) is 29.2 Å². The Morgan fingerprint density at radius 2 is 2.00 bits per heavy atom. The van der Waals surface area contributed by atoms with E-state index >= 15 is 0 Å². The fraction of sp³-hybridized carbons (Fsp3) is 0.360. The van der Waals surface area contributed by atoms with E-state index in [1.165, 1.54) is 6.07 Å². The largest absolute Gasteiger partial charge is 0.476 e. The van der Waals surface area contributed by atoms with Gasteiger partial charge in [-0.3, -0.25) is 9.20 Å². The van der Waals surface area contributed by atoms with Crippen molar-refractivity contribution in [2.75, 3.05) is 5.32 Å². The average Bonchev–Trinajstić information content (AvgIpc) is 2.71. The summed E-state index contributed by atoms with van der Waals surface area (Å²) in [5, 5.41) is 12.8. The fourth-order valence-electron chi connectivity index (χ4n) is 5.55. The number of carboxylic acids is 1. The zero-order valence-corrected chi connectivity index (χ0v) is 19.3. The van der Waals surface area contributed by atoms with Crippen molar-refractivity contribution in [1.29, 1.82) is 0 Å². The summed E-state index contributed by atoms with van der Waals surface area (Å²) in [6.07, 6.45) is 10.1. The lowest BCUT2D eigenvalue weighted by Gasteiger charge is -2.68. The van der Waals surface area contributed by atoms with E-state index in [0.717, 1.165) is 36.1 Å². The van der Waals surface area contributed by atoms with Gasteiger partial charge in [0.25, 0.3) is 5.56 Å². The van der Waals surface area contributed by atoms with Crippen LogP contribution in [0.2, 0.25) is 5.15 Å². The molecule has 3 fully saturated rings. The zero-order valence-electron chi connectivity index (χ0n) is 18.6. The number of hydrogen-bond acceptors (Lipinski definition) is 5. The van der Waals surface area contributed by atoms with Crippen LogP contribution >= 0.6 is 11.6 Å². The Hall–Kier alpha value is -3.37. The molecule has 33 heavy (non-hydrogen) atoms. The molecule has 3 saturated carbocycles. The number of aromatic carboxylic acids is 1. The lowest BCUT2D eigenvalue weighted by molar-refractivity contribution is -0.0943. The zero-order chi connectivity index (χ0) is 23.7. The van der Waals surface area contributed by atoms with Crippen LogP contribution in [0.1, 0.15) is 65.1 Å². The van der Waals surface area contributed by atoms with Crippen LogP contribution in [0.3, 0.4) is 0 Å². The highest BCUT2D eigenvalue weighted by Crippen LogP contribution is 2.73. The smallest absolute Gasteiger partial charge is 0.356 e. The minimum atomic E-state index is -1.18. The van der Waals surface area contributed by atoms with E-state index in [1.54, 1.807) is 16.7 Å². The molecule has 0 aliphatic heterocycles. The Morgan fingerprint density at radius 1 is 1.30 bits per heavy atom. The van der Waals surface area contributed by atoms with Crippen LogP contribution in [-0.2, 0) is 5.41 Å². The van der Waals surface area contributed by atoms with Crippen LogP contribution in [0.4, 0.5) is 5.69 Å². The van der Waals surface area contributed by atoms with Gasteiger partial charge < -0.3 is 10.4 Å². The molecule has 2 N–H and O–H groups in total. The summed E-state index contributed by atoms with van der Waals surface area (Å²) in [4.78, 5) is 33.9. The number of aromatic nitrogens is 3. The lowest BCUT2D eigenvalue weighted by Crippen LogP contribution is -2.64. The number of terminal acetylenes is 1. The Labute approximate surface area is 195 Å². The Kier molecular flexibility index (Phi) is 4.60. The van der Waals surface area contributed by atoms with E-state index in [0.29, 0.717) is 16.9 Å². The number of carbonyl (C=O) groups is 1. The Balaban J connectivity index is 1.61. The summed E-state index contributed by atoms with van der Waals surface area (Å²) in [6.45, 7) is 5.65. The number of aryl methyl sites for hydroxylation is 1. The molecule has 0 radical (unpaired) electrons. The second kappa shape index (κ2) is 7.06. The van der Waals surface area contributed by atoms with Gasteiger partial charge >= 0.3 is 5.97 Å². The number of anilines is 1. The van der Waals surface area contributed by atoms with Gasteiger partial charge in [-0.15, -0.1) is 6.42 Å². The molecule has 1 atom stereocenters. The van der Waals surface area contributed by atoms with E-state index in [2.05, 4.69) is 16.2 Å². The molecular weight excluding hydrogens is 440 g/mol. The van der Waals surface area contributed by atoms with Gasteiger partial charge in [-0.1, -0.05) is 17.5 Å². The molecule has 8 heteroatoms. The first-order valence-corrected chi connectivity index (χ1v) is 11.1. The average molecular weight is 463 g/mol. The highest BCUT2D eigenvalue weighted by atomic mass is 35.5. The predicted molar refractivity (Wildman–Crippen MR) is 126 cm³/mol. The summed E-state index contributed by atoms with van der Waals surface area (Å²) >= 11 is 5.89. The summed E-state index contributed by atoms with van der Waals surface area (Å²) in [6, 6.07) is 4.73. The minimum Gasteiger partial charge on any atom is -0.476 e. The normalized spacial score (nSPS) is 23.8. The van der Waals surface area contributed by atoms with Crippen LogP contribution in [0.25, 0.3) is 5.65 Å². The third-order valence-electron chi connectivity index (χ3n) is 7.06. The number of rotatable bonds is 5. The number of carboxylic acid groups (broad SMARTS) is 1. The molecule has 0 saturated heterocycles. The van der Waals surface area contributed by atoms with Crippen molar-refractivity contribution < 1.29 is 9.90 Å². The first kappa shape index (κ1) is 21.5. The minimum absolute atomic E-state index is 0.0287. The molecule has 3 aliphatic carbocycles. The molecule has 0 unspecified atom stereocenters. The SMILES string of the molecule is C#CC12CC(c3nc4c([C@@H](C)Nc5ccc(Cl)nc5C(=O)O)cc(C)cn4c(=O)c3C)(C1)C2. The standard InChI is InChI=1S/C25H23ClN4O3/c1-5-24-10-25(11-24,12-24)20-14(3)22(31)30-9-13(2)8-16(21(30)29-20)15(4)27-17-6-7-18(26)28-19(17)23(32)33/h1,6-9,15,27H,10-12H2,2-4H3,(H,32,33)/t15-,24?,25?/m1/s1. The van der Waals surface area contributed by atoms with Crippen molar-refractivity contribution in [1.82, 2.24) is 14.4 Å². The Morgan fingerprint density at radius 3 is 2.64 bits per heavy atom. The van der Waals surface area contributed by atoms with Gasteiger partial charge in [-0.05, 0) is 63.8 Å². The van der Waals surface area contributed by atoms with Crippen molar-refractivity contribution in [3.8, 4) is 12.3 Å². The second-order valence-corrected chi connectivity index (χ2v) is 9.88. The van der Waals surface area contributed by atoms with Gasteiger partial charge in [-0.2, -0.15) is 0 Å². The van der Waals surface area contributed by atoms with Crippen LogP contribution in [0, 0.1) is 31.6 Å². The van der Waals surface area contributed by atoms with Gasteiger partial charge in [0.1, 0.15) is 10.8 Å². The van der Waals surface area contributed by atoms with E-state index < -0.39 is 5.97 Å². The molecule has 3 aromatic rings. The highest BCUT2D eigenvalue weighted by molar-refractivity contribution is 6.29. The maximum atomic E-state index is 13.3. The Bertz CT molecular complexity index is 1430. The van der Waals surface area contributed by atoms with Gasteiger partial charge in [-0.25, -0.2) is 14.8 Å². The maximum absolute atomic E-state index is 13.3. The maximum Gasteiger partial charge on any atom is 0.356 e. The van der Waals surface area contributed by atoms with Crippen molar-refractivity contribution in [3.63, 3.8) is 0 Å². The van der Waals surface area contributed by atoms with E-state index in [9.17, 15) is 14.7 Å². The fourth-order valence-corrected chi connectivity index (χ4v) is 5.70. The van der Waals surface area contributed by atoms with E-state index in [1.807, 2.05) is 26.8 Å². The monoisotopic (exact) mass is 462 g/mol. The van der Waals surface area contributed by atoms with Gasteiger partial charge in [0.2, 0.25) is 0 Å². The van der Waals surface area contributed by atoms with E-state index in [-0.39, 0.29) is 33.3 Å². The molecule has 0 spiro atoms. The van der Waals surface area contributed by atoms with Crippen molar-refractivity contribution >= 4 is 28.9 Å². The second-order valence-electron chi connectivity index (χ2n) is 9.49. The number of nitrogens with one attached hydrogen (secondary N) is 1. The molecule has 0 aromatic carbocycles. The van der Waals surface area contributed by atoms with E-state index in [4.69, 9.17) is 23.0 Å². The topological polar surface area (TPSA) is 96.6 Å². The molecule has 3 aliphatic rings. The molecule has 0 amide bonds. The van der Waals surface area contributed by atoms with Crippen molar-refractivity contribution in [3.05, 3.63) is 68.0 Å². The van der Waals surface area contributed by atoms with Gasteiger partial charge in [0.05, 0.1) is 17.4 Å². The third-order valence-corrected chi connectivity index (χ3v) is 7.27. The van der Waals surface area contributed by atoms with Gasteiger partial charge in [0.15, 0.2) is 5.69 Å². The first-order chi connectivity index (χ1) is 15.6. The first-order valence-electron chi connectivity index (χ1n) is 10.8. The summed E-state index contributed by atoms with van der Waals surface area (Å²) < 4.78 is 1.59.